The van der Waals surface area contributed by atoms with E-state index in [1.54, 1.807) is 24.3 Å². The number of hydrogen-bond donors (Lipinski definition) is 1. The van der Waals surface area contributed by atoms with Gasteiger partial charge in [-0.3, -0.25) is 4.79 Å². The molecule has 0 aliphatic heterocycles. The van der Waals surface area contributed by atoms with Gasteiger partial charge in [-0.15, -0.1) is 0 Å². The van der Waals surface area contributed by atoms with Crippen molar-refractivity contribution >= 4 is 23.6 Å². The lowest BCUT2D eigenvalue weighted by Crippen LogP contribution is -2.22. The van der Waals surface area contributed by atoms with E-state index in [0.717, 1.165) is 5.56 Å². The van der Waals surface area contributed by atoms with Crippen molar-refractivity contribution in [1.29, 1.82) is 5.26 Å². The predicted molar refractivity (Wildman–Crippen MR) is 110 cm³/mol. The number of ether oxygens (including phenoxy) is 1. The number of aromatic carboxylic acids is 1. The van der Waals surface area contributed by atoms with Crippen molar-refractivity contribution in [1.82, 2.24) is 0 Å². The summed E-state index contributed by atoms with van der Waals surface area (Å²) in [7, 11) is 0. The van der Waals surface area contributed by atoms with E-state index in [9.17, 15) is 20.0 Å². The number of carboxylic acid groups (broad SMARTS) is 1. The number of amides is 1. The Bertz CT molecular complexity index is 1100. The number of rotatable bonds is 7. The zero-order valence-corrected chi connectivity index (χ0v) is 15.9. The van der Waals surface area contributed by atoms with Gasteiger partial charge < -0.3 is 20.0 Å². The van der Waals surface area contributed by atoms with Gasteiger partial charge in [0.15, 0.2) is 0 Å². The lowest BCUT2D eigenvalue weighted by atomic mass is 10.1. The van der Waals surface area contributed by atoms with Crippen LogP contribution in [0.2, 0.25) is 0 Å². The lowest BCUT2D eigenvalue weighted by molar-refractivity contribution is -0.255. The van der Waals surface area contributed by atoms with Gasteiger partial charge in [0.1, 0.15) is 24.0 Å². The predicted octanol–water partition coefficient (Wildman–Crippen LogP) is 3.17. The second-order valence-corrected chi connectivity index (χ2v) is 6.33. The van der Waals surface area contributed by atoms with E-state index in [1.165, 1.54) is 30.3 Å². The van der Waals surface area contributed by atoms with E-state index in [2.05, 4.69) is 5.32 Å². The number of carboxylic acids is 1. The first-order valence-corrected chi connectivity index (χ1v) is 9.06. The van der Waals surface area contributed by atoms with Crippen LogP contribution in [0, 0.1) is 11.3 Å². The maximum absolute atomic E-state index is 12.3. The standard InChI is InChI=1S/C24H18N2O4/c25-15-20(23(27)26-21-10-8-19(9-11-21)24(28)29)14-17-6-12-22(13-7-17)30-16-18-4-2-1-3-5-18/h1-14H,16H2,(H,26,27)(H,28,29)/p-1/b20-14-. The molecule has 0 fully saturated rings. The number of anilines is 1. The molecule has 6 nitrogen and oxygen atoms in total. The first kappa shape index (κ1) is 20.4. The van der Waals surface area contributed by atoms with Gasteiger partial charge in [0, 0.05) is 5.69 Å². The first-order valence-electron chi connectivity index (χ1n) is 9.06. The normalized spacial score (nSPS) is 10.7. The Hall–Kier alpha value is -4.37. The summed E-state index contributed by atoms with van der Waals surface area (Å²) in [6.07, 6.45) is 1.46. The van der Waals surface area contributed by atoms with Gasteiger partial charge in [-0.2, -0.15) is 5.26 Å². The Morgan fingerprint density at radius 1 is 0.967 bits per heavy atom. The molecule has 1 N–H and O–H groups in total. The van der Waals surface area contributed by atoms with Crippen molar-refractivity contribution in [2.45, 2.75) is 6.61 Å². The van der Waals surface area contributed by atoms with Crippen LogP contribution < -0.4 is 15.2 Å². The number of hydrogen-bond acceptors (Lipinski definition) is 5. The number of nitriles is 1. The molecule has 0 aromatic heterocycles. The van der Waals surface area contributed by atoms with Crippen LogP contribution in [-0.4, -0.2) is 11.9 Å². The quantitative estimate of drug-likeness (QED) is 0.487. The summed E-state index contributed by atoms with van der Waals surface area (Å²) in [5.74, 6) is -1.23. The van der Waals surface area contributed by atoms with Crippen molar-refractivity contribution in [3.8, 4) is 11.8 Å². The van der Waals surface area contributed by atoms with E-state index >= 15 is 0 Å². The molecular weight excluding hydrogens is 380 g/mol. The minimum absolute atomic E-state index is 0.00128. The number of benzene rings is 3. The van der Waals surface area contributed by atoms with Gasteiger partial charge in [0.05, 0.1) is 5.97 Å². The van der Waals surface area contributed by atoms with Crippen molar-refractivity contribution in [2.75, 3.05) is 5.32 Å². The highest BCUT2D eigenvalue weighted by molar-refractivity contribution is 6.09. The van der Waals surface area contributed by atoms with E-state index in [4.69, 9.17) is 4.74 Å². The minimum atomic E-state index is -1.30. The fourth-order valence-corrected chi connectivity index (χ4v) is 2.60. The molecule has 0 radical (unpaired) electrons. The molecule has 0 spiro atoms. The molecule has 1 amide bonds. The molecule has 0 unspecified atom stereocenters. The first-order chi connectivity index (χ1) is 14.5. The van der Waals surface area contributed by atoms with Crippen molar-refractivity contribution in [3.05, 3.63) is 101 Å². The molecule has 148 valence electrons. The molecule has 6 heteroatoms. The van der Waals surface area contributed by atoms with E-state index in [-0.39, 0.29) is 11.1 Å². The maximum atomic E-state index is 12.3. The minimum Gasteiger partial charge on any atom is -0.545 e. The summed E-state index contributed by atoms with van der Waals surface area (Å²) >= 11 is 0. The maximum Gasteiger partial charge on any atom is 0.266 e. The van der Waals surface area contributed by atoms with Crippen LogP contribution in [0.25, 0.3) is 6.08 Å². The van der Waals surface area contributed by atoms with Crippen LogP contribution in [0.1, 0.15) is 21.5 Å². The highest BCUT2D eigenvalue weighted by Crippen LogP contribution is 2.17. The lowest BCUT2D eigenvalue weighted by Gasteiger charge is -2.07. The van der Waals surface area contributed by atoms with E-state index < -0.39 is 11.9 Å². The Labute approximate surface area is 173 Å². The van der Waals surface area contributed by atoms with Gasteiger partial charge in [-0.25, -0.2) is 0 Å². The zero-order chi connectivity index (χ0) is 21.3. The van der Waals surface area contributed by atoms with Crippen LogP contribution in [0.5, 0.6) is 5.75 Å². The number of nitrogens with zero attached hydrogens (tertiary/aromatic N) is 1. The van der Waals surface area contributed by atoms with Gasteiger partial charge >= 0.3 is 0 Å². The highest BCUT2D eigenvalue weighted by Gasteiger charge is 2.10. The third kappa shape index (κ3) is 5.57. The summed E-state index contributed by atoms with van der Waals surface area (Å²) in [6, 6.07) is 24.2. The summed E-state index contributed by atoms with van der Waals surface area (Å²) in [6.45, 7) is 0.443. The molecule has 30 heavy (non-hydrogen) atoms. The smallest absolute Gasteiger partial charge is 0.266 e. The van der Waals surface area contributed by atoms with Gasteiger partial charge in [0.25, 0.3) is 5.91 Å². The number of carbonyl (C=O) groups excluding carboxylic acids is 2. The molecule has 0 atom stereocenters. The van der Waals surface area contributed by atoms with E-state index in [0.29, 0.717) is 23.6 Å². The van der Waals surface area contributed by atoms with Gasteiger partial charge in [0.2, 0.25) is 0 Å². The topological polar surface area (TPSA) is 102 Å². The monoisotopic (exact) mass is 397 g/mol. The summed E-state index contributed by atoms with van der Waals surface area (Å²) in [5.41, 5.74) is 2.00. The molecule has 3 aromatic carbocycles. The second-order valence-electron chi connectivity index (χ2n) is 6.33. The van der Waals surface area contributed by atoms with Gasteiger partial charge in [-0.1, -0.05) is 54.6 Å². The summed E-state index contributed by atoms with van der Waals surface area (Å²) in [5, 5.41) is 22.7. The summed E-state index contributed by atoms with van der Waals surface area (Å²) in [4.78, 5) is 23.1. The fraction of sp³-hybridized carbons (Fsp3) is 0.0417. The molecule has 3 aromatic rings. The molecule has 0 heterocycles. The van der Waals surface area contributed by atoms with Crippen molar-refractivity contribution in [3.63, 3.8) is 0 Å². The van der Waals surface area contributed by atoms with Crippen molar-refractivity contribution < 1.29 is 19.4 Å². The molecule has 0 saturated carbocycles. The average molecular weight is 397 g/mol. The second kappa shape index (κ2) is 9.71. The fourth-order valence-electron chi connectivity index (χ4n) is 2.60. The Morgan fingerprint density at radius 2 is 1.63 bits per heavy atom. The van der Waals surface area contributed by atoms with Crippen LogP contribution in [0.15, 0.2) is 84.4 Å². The Balaban J connectivity index is 1.63. The SMILES string of the molecule is N#C/C(=C/c1ccc(OCc2ccccc2)cc1)C(=O)Nc1ccc(C(=O)[O-])cc1. The highest BCUT2D eigenvalue weighted by atomic mass is 16.5. The van der Waals surface area contributed by atoms with Crippen molar-refractivity contribution in [2.24, 2.45) is 0 Å². The Morgan fingerprint density at radius 3 is 2.23 bits per heavy atom. The zero-order valence-electron chi connectivity index (χ0n) is 15.9. The molecule has 0 aliphatic rings. The van der Waals surface area contributed by atoms with Crippen LogP contribution in [-0.2, 0) is 11.4 Å². The van der Waals surface area contributed by atoms with Crippen LogP contribution >= 0.6 is 0 Å². The Kier molecular flexibility index (Phi) is 6.59. The third-order valence-corrected chi connectivity index (χ3v) is 4.18. The molecule has 3 rings (SSSR count). The molecular formula is C24H17N2O4-. The summed E-state index contributed by atoms with van der Waals surface area (Å²) < 4.78 is 5.72. The molecule has 0 aliphatic carbocycles. The van der Waals surface area contributed by atoms with E-state index in [1.807, 2.05) is 36.4 Å². The van der Waals surface area contributed by atoms with Gasteiger partial charge in [-0.05, 0) is 47.0 Å². The van der Waals surface area contributed by atoms with Crippen LogP contribution in [0.4, 0.5) is 5.69 Å². The largest absolute Gasteiger partial charge is 0.545 e. The molecule has 0 bridgehead atoms. The number of nitrogens with one attached hydrogen (secondary N) is 1. The van der Waals surface area contributed by atoms with Crippen LogP contribution in [0.3, 0.4) is 0 Å². The molecule has 0 saturated heterocycles. The average Bonchev–Trinajstić information content (AvgIpc) is 2.78. The number of carbonyl (C=O) groups is 2. The third-order valence-electron chi connectivity index (χ3n) is 4.18.